The third kappa shape index (κ3) is 4.76. The Balaban J connectivity index is 2.14. The van der Waals surface area contributed by atoms with Gasteiger partial charge in [-0.3, -0.25) is 0 Å². The highest BCUT2D eigenvalue weighted by atomic mass is 32.2. The molecular formula is C15H25N3O3S. The van der Waals surface area contributed by atoms with Crippen LogP contribution in [0, 0.1) is 0 Å². The van der Waals surface area contributed by atoms with Gasteiger partial charge >= 0.3 is 0 Å². The number of benzene rings is 1. The smallest absolute Gasteiger partial charge is 0.282 e. The average Bonchev–Trinajstić information content (AvgIpc) is 2.53. The van der Waals surface area contributed by atoms with Gasteiger partial charge in [-0.25, -0.2) is 0 Å². The largest absolute Gasteiger partial charge is 0.379 e. The van der Waals surface area contributed by atoms with Gasteiger partial charge in [0.25, 0.3) is 10.2 Å². The third-order valence-corrected chi connectivity index (χ3v) is 5.60. The summed E-state index contributed by atoms with van der Waals surface area (Å²) in [5.74, 6) is 0. The van der Waals surface area contributed by atoms with Crippen molar-refractivity contribution in [2.75, 3.05) is 53.5 Å². The molecule has 6 nitrogen and oxygen atoms in total. The summed E-state index contributed by atoms with van der Waals surface area (Å²) in [5, 5.41) is 0. The van der Waals surface area contributed by atoms with E-state index in [1.54, 1.807) is 4.31 Å². The van der Waals surface area contributed by atoms with Gasteiger partial charge in [0.2, 0.25) is 0 Å². The lowest BCUT2D eigenvalue weighted by molar-refractivity contribution is 0.0698. The molecule has 1 aliphatic heterocycles. The monoisotopic (exact) mass is 327 g/mol. The van der Waals surface area contributed by atoms with Crippen LogP contribution in [0.1, 0.15) is 5.56 Å². The maximum atomic E-state index is 12.9. The van der Waals surface area contributed by atoms with E-state index in [4.69, 9.17) is 4.74 Å². The second kappa shape index (κ2) is 8.03. The number of rotatable bonds is 7. The second-order valence-corrected chi connectivity index (χ2v) is 7.57. The van der Waals surface area contributed by atoms with Gasteiger partial charge < -0.3 is 9.64 Å². The lowest BCUT2D eigenvalue weighted by atomic mass is 10.2. The molecule has 1 saturated heterocycles. The highest BCUT2D eigenvalue weighted by Crippen LogP contribution is 2.15. The first-order valence-corrected chi connectivity index (χ1v) is 8.91. The topological polar surface area (TPSA) is 53.1 Å². The van der Waals surface area contributed by atoms with Crippen LogP contribution in [0.2, 0.25) is 0 Å². The van der Waals surface area contributed by atoms with E-state index in [1.165, 1.54) is 4.31 Å². The van der Waals surface area contributed by atoms with Gasteiger partial charge in [-0.1, -0.05) is 30.3 Å². The van der Waals surface area contributed by atoms with Crippen molar-refractivity contribution < 1.29 is 13.2 Å². The van der Waals surface area contributed by atoms with Crippen LogP contribution in [0.25, 0.3) is 0 Å². The predicted molar refractivity (Wildman–Crippen MR) is 86.7 cm³/mol. The van der Waals surface area contributed by atoms with Crippen molar-refractivity contribution in [2.45, 2.75) is 6.54 Å². The number of likely N-dealkylation sites (N-methyl/N-ethyl adjacent to an activating group) is 1. The summed E-state index contributed by atoms with van der Waals surface area (Å²) in [6.07, 6.45) is 0. The molecule has 0 bridgehead atoms. The van der Waals surface area contributed by atoms with E-state index in [1.807, 2.05) is 49.3 Å². The van der Waals surface area contributed by atoms with Gasteiger partial charge in [0.1, 0.15) is 0 Å². The van der Waals surface area contributed by atoms with Gasteiger partial charge in [-0.05, 0) is 19.7 Å². The molecule has 124 valence electrons. The number of hydrogen-bond donors (Lipinski definition) is 0. The molecule has 0 radical (unpaired) electrons. The molecular weight excluding hydrogens is 302 g/mol. The zero-order valence-electron chi connectivity index (χ0n) is 13.3. The first-order chi connectivity index (χ1) is 10.5. The molecule has 2 rings (SSSR count). The average molecular weight is 327 g/mol. The maximum absolute atomic E-state index is 12.9. The standard InChI is InChI=1S/C15H25N3O3S/c1-16(2)8-9-18(14-15-6-4-3-5-7-15)22(19,20)17-10-12-21-13-11-17/h3-7H,8-14H2,1-2H3. The van der Waals surface area contributed by atoms with E-state index in [0.717, 1.165) is 5.56 Å². The normalized spacial score (nSPS) is 17.3. The summed E-state index contributed by atoms with van der Waals surface area (Å²) >= 11 is 0. The molecule has 1 aromatic rings. The second-order valence-electron chi connectivity index (χ2n) is 5.64. The van der Waals surface area contributed by atoms with E-state index in [2.05, 4.69) is 0 Å². The van der Waals surface area contributed by atoms with Gasteiger partial charge in [-0.15, -0.1) is 0 Å². The Labute approximate surface area is 133 Å². The Hall–Kier alpha value is -0.990. The van der Waals surface area contributed by atoms with Crippen LogP contribution in [0.5, 0.6) is 0 Å². The fourth-order valence-electron chi connectivity index (χ4n) is 2.32. The van der Waals surface area contributed by atoms with E-state index in [-0.39, 0.29) is 0 Å². The molecule has 0 atom stereocenters. The summed E-state index contributed by atoms with van der Waals surface area (Å²) in [5.41, 5.74) is 0.998. The van der Waals surface area contributed by atoms with Gasteiger partial charge in [0, 0.05) is 32.7 Å². The van der Waals surface area contributed by atoms with Crippen LogP contribution < -0.4 is 0 Å². The Morgan fingerprint density at radius 3 is 2.32 bits per heavy atom. The fraction of sp³-hybridized carbons (Fsp3) is 0.600. The van der Waals surface area contributed by atoms with E-state index in [9.17, 15) is 8.42 Å². The third-order valence-electron chi connectivity index (χ3n) is 3.62. The van der Waals surface area contributed by atoms with Crippen molar-refractivity contribution in [1.82, 2.24) is 13.5 Å². The molecule has 1 aliphatic rings. The molecule has 1 heterocycles. The van der Waals surface area contributed by atoms with E-state index >= 15 is 0 Å². The first kappa shape index (κ1) is 17.4. The fourth-order valence-corrected chi connectivity index (χ4v) is 3.88. The minimum Gasteiger partial charge on any atom is -0.379 e. The number of morpholine rings is 1. The van der Waals surface area contributed by atoms with Crippen molar-refractivity contribution in [3.63, 3.8) is 0 Å². The molecule has 0 unspecified atom stereocenters. The highest BCUT2D eigenvalue weighted by molar-refractivity contribution is 7.86. The summed E-state index contributed by atoms with van der Waals surface area (Å²) in [6, 6.07) is 9.71. The Morgan fingerprint density at radius 2 is 1.73 bits per heavy atom. The summed E-state index contributed by atoms with van der Waals surface area (Å²) in [7, 11) is 0.435. The van der Waals surface area contributed by atoms with Gasteiger partial charge in [0.15, 0.2) is 0 Å². The summed E-state index contributed by atoms with van der Waals surface area (Å²) < 4.78 is 34.1. The van der Waals surface area contributed by atoms with Crippen molar-refractivity contribution >= 4 is 10.2 Å². The van der Waals surface area contributed by atoms with Crippen LogP contribution >= 0.6 is 0 Å². The Kier molecular flexibility index (Phi) is 6.34. The van der Waals surface area contributed by atoms with Crippen molar-refractivity contribution in [3.8, 4) is 0 Å². The van der Waals surface area contributed by atoms with Crippen LogP contribution in [0.15, 0.2) is 30.3 Å². The first-order valence-electron chi connectivity index (χ1n) is 7.52. The van der Waals surface area contributed by atoms with Gasteiger partial charge in [0.05, 0.1) is 13.2 Å². The van der Waals surface area contributed by atoms with Crippen molar-refractivity contribution in [3.05, 3.63) is 35.9 Å². The van der Waals surface area contributed by atoms with Crippen LogP contribution in [0.4, 0.5) is 0 Å². The molecule has 0 aromatic heterocycles. The minimum atomic E-state index is -3.46. The molecule has 0 amide bonds. The quantitative estimate of drug-likeness (QED) is 0.737. The SMILES string of the molecule is CN(C)CCN(Cc1ccccc1)S(=O)(=O)N1CCOCC1. The summed E-state index contributed by atoms with van der Waals surface area (Å²) in [4.78, 5) is 1.99. The minimum absolute atomic E-state index is 0.397. The molecule has 0 spiro atoms. The van der Waals surface area contributed by atoms with Crippen LogP contribution in [0.3, 0.4) is 0 Å². The predicted octanol–water partition coefficient (Wildman–Crippen LogP) is 0.627. The number of hydrogen-bond acceptors (Lipinski definition) is 4. The summed E-state index contributed by atoms with van der Waals surface area (Å²) in [6.45, 7) is 3.34. The zero-order chi connectivity index (χ0) is 16.0. The lowest BCUT2D eigenvalue weighted by Crippen LogP contribution is -2.49. The molecule has 0 aliphatic carbocycles. The van der Waals surface area contributed by atoms with Crippen LogP contribution in [-0.2, 0) is 21.5 Å². The number of nitrogens with zero attached hydrogens (tertiary/aromatic N) is 3. The van der Waals surface area contributed by atoms with E-state index in [0.29, 0.717) is 45.9 Å². The lowest BCUT2D eigenvalue weighted by Gasteiger charge is -2.32. The van der Waals surface area contributed by atoms with Crippen LogP contribution in [-0.4, -0.2) is 75.4 Å². The van der Waals surface area contributed by atoms with E-state index < -0.39 is 10.2 Å². The molecule has 1 fully saturated rings. The number of ether oxygens (including phenoxy) is 1. The van der Waals surface area contributed by atoms with Crippen molar-refractivity contribution in [2.24, 2.45) is 0 Å². The Bertz CT molecular complexity index is 542. The molecule has 0 N–H and O–H groups in total. The Morgan fingerprint density at radius 1 is 1.09 bits per heavy atom. The van der Waals surface area contributed by atoms with Crippen molar-refractivity contribution in [1.29, 1.82) is 0 Å². The molecule has 1 aromatic carbocycles. The highest BCUT2D eigenvalue weighted by Gasteiger charge is 2.30. The zero-order valence-corrected chi connectivity index (χ0v) is 14.1. The molecule has 0 saturated carbocycles. The molecule has 22 heavy (non-hydrogen) atoms. The maximum Gasteiger partial charge on any atom is 0.282 e. The van der Waals surface area contributed by atoms with Gasteiger partial charge in [-0.2, -0.15) is 17.0 Å². The molecule has 7 heteroatoms.